The Morgan fingerprint density at radius 1 is 1.47 bits per heavy atom. The summed E-state index contributed by atoms with van der Waals surface area (Å²) in [7, 11) is 3.21. The number of benzene rings is 1. The molecule has 0 bridgehead atoms. The summed E-state index contributed by atoms with van der Waals surface area (Å²) < 4.78 is 20.6. The van der Waals surface area contributed by atoms with Crippen LogP contribution in [0.15, 0.2) is 12.1 Å². The molecular weight excluding hydrogens is 249 g/mol. The molecule has 19 heavy (non-hydrogen) atoms. The van der Waals surface area contributed by atoms with Crippen LogP contribution in [0.5, 0.6) is 5.75 Å². The average molecular weight is 265 g/mol. The maximum atomic E-state index is 13.8. The lowest BCUT2D eigenvalue weighted by Gasteiger charge is -2.03. The minimum atomic E-state index is -0.898. The fourth-order valence-corrected chi connectivity index (χ4v) is 2.52. The minimum absolute atomic E-state index is 0.0741. The van der Waals surface area contributed by atoms with Crippen molar-refractivity contribution in [1.82, 2.24) is 4.57 Å². The van der Waals surface area contributed by atoms with Crippen LogP contribution in [0.2, 0.25) is 0 Å². The van der Waals surface area contributed by atoms with Crippen molar-refractivity contribution in [3.05, 3.63) is 29.2 Å². The number of aryl methyl sites for hydroxylation is 1. The van der Waals surface area contributed by atoms with E-state index in [1.807, 2.05) is 18.5 Å². The highest BCUT2D eigenvalue weighted by molar-refractivity contribution is 5.90. The van der Waals surface area contributed by atoms with E-state index in [2.05, 4.69) is 0 Å². The van der Waals surface area contributed by atoms with E-state index in [1.165, 1.54) is 13.2 Å². The van der Waals surface area contributed by atoms with E-state index in [-0.39, 0.29) is 12.2 Å². The first-order valence-corrected chi connectivity index (χ1v) is 6.05. The Bertz CT molecular complexity index is 646. The Kier molecular flexibility index (Phi) is 3.46. The quantitative estimate of drug-likeness (QED) is 0.924. The molecule has 0 unspecified atom stereocenters. The number of hydrogen-bond acceptors (Lipinski definition) is 2. The molecular formula is C14H16FNO3. The van der Waals surface area contributed by atoms with Crippen molar-refractivity contribution in [2.45, 2.75) is 19.8 Å². The number of rotatable bonds is 4. The van der Waals surface area contributed by atoms with Gasteiger partial charge in [0.1, 0.15) is 0 Å². The first-order chi connectivity index (χ1) is 8.99. The number of ether oxygens (including phenoxy) is 1. The lowest BCUT2D eigenvalue weighted by atomic mass is 10.1. The topological polar surface area (TPSA) is 51.5 Å². The second-order valence-electron chi connectivity index (χ2n) is 4.41. The Morgan fingerprint density at radius 3 is 2.68 bits per heavy atom. The van der Waals surface area contributed by atoms with Crippen molar-refractivity contribution in [2.75, 3.05) is 7.11 Å². The lowest BCUT2D eigenvalue weighted by molar-refractivity contribution is -0.136. The summed E-state index contributed by atoms with van der Waals surface area (Å²) >= 11 is 0. The molecule has 0 saturated heterocycles. The van der Waals surface area contributed by atoms with Crippen molar-refractivity contribution in [3.63, 3.8) is 0 Å². The number of hydrogen-bond donors (Lipinski definition) is 1. The number of methoxy groups -OCH3 is 1. The highest BCUT2D eigenvalue weighted by Crippen LogP contribution is 2.31. The van der Waals surface area contributed by atoms with E-state index in [4.69, 9.17) is 9.84 Å². The molecule has 1 heterocycles. The van der Waals surface area contributed by atoms with Crippen molar-refractivity contribution < 1.29 is 19.0 Å². The zero-order valence-electron chi connectivity index (χ0n) is 11.2. The van der Waals surface area contributed by atoms with Gasteiger partial charge >= 0.3 is 5.97 Å². The van der Waals surface area contributed by atoms with Crippen molar-refractivity contribution in [1.29, 1.82) is 0 Å². The predicted octanol–water partition coefficient (Wildman–Crippen LogP) is 2.52. The van der Waals surface area contributed by atoms with Gasteiger partial charge in [-0.15, -0.1) is 0 Å². The van der Waals surface area contributed by atoms with Crippen molar-refractivity contribution in [2.24, 2.45) is 7.05 Å². The molecule has 1 aromatic heterocycles. The van der Waals surface area contributed by atoms with E-state index < -0.39 is 11.8 Å². The Labute approximate surface area is 110 Å². The molecule has 102 valence electrons. The molecule has 2 rings (SSSR count). The number of halogens is 1. The molecule has 1 N–H and O–H groups in total. The van der Waals surface area contributed by atoms with Gasteiger partial charge in [0.05, 0.1) is 19.0 Å². The van der Waals surface area contributed by atoms with Crippen LogP contribution >= 0.6 is 0 Å². The maximum absolute atomic E-state index is 13.8. The SMILES string of the molecule is CCc1c(CC(=O)O)c2cc(OC)c(F)cc2n1C. The van der Waals surface area contributed by atoms with Gasteiger partial charge in [-0.05, 0) is 18.1 Å². The van der Waals surface area contributed by atoms with Crippen molar-refractivity contribution in [3.8, 4) is 5.75 Å². The summed E-state index contributed by atoms with van der Waals surface area (Å²) in [6.07, 6.45) is 0.618. The van der Waals surface area contributed by atoms with E-state index >= 15 is 0 Å². The monoisotopic (exact) mass is 265 g/mol. The third kappa shape index (κ3) is 2.16. The number of aliphatic carboxylic acids is 1. The van der Waals surface area contributed by atoms with Gasteiger partial charge in [-0.2, -0.15) is 0 Å². The van der Waals surface area contributed by atoms with Crippen LogP contribution in [-0.2, 0) is 24.7 Å². The zero-order valence-corrected chi connectivity index (χ0v) is 11.2. The van der Waals surface area contributed by atoms with Crippen LogP contribution in [0.3, 0.4) is 0 Å². The molecule has 0 amide bonds. The second-order valence-corrected chi connectivity index (χ2v) is 4.41. The molecule has 0 aliphatic carbocycles. The molecule has 0 spiro atoms. The third-order valence-corrected chi connectivity index (χ3v) is 3.37. The molecule has 1 aromatic carbocycles. The number of carbonyl (C=O) groups is 1. The number of fused-ring (bicyclic) bond motifs is 1. The number of carboxylic acids is 1. The van der Waals surface area contributed by atoms with Gasteiger partial charge in [0.25, 0.3) is 0 Å². The van der Waals surface area contributed by atoms with Gasteiger partial charge in [-0.3, -0.25) is 4.79 Å². The summed E-state index contributed by atoms with van der Waals surface area (Å²) in [5.74, 6) is -1.21. The molecule has 0 radical (unpaired) electrons. The highest BCUT2D eigenvalue weighted by atomic mass is 19.1. The van der Waals surface area contributed by atoms with Crippen LogP contribution in [-0.4, -0.2) is 22.8 Å². The van der Waals surface area contributed by atoms with Gasteiger partial charge in [-0.1, -0.05) is 6.92 Å². The summed E-state index contributed by atoms with van der Waals surface area (Å²) in [5.41, 5.74) is 2.32. The molecule has 2 aromatic rings. The average Bonchev–Trinajstić information content (AvgIpc) is 2.60. The van der Waals surface area contributed by atoms with Gasteiger partial charge < -0.3 is 14.4 Å². The highest BCUT2D eigenvalue weighted by Gasteiger charge is 2.18. The van der Waals surface area contributed by atoms with E-state index in [9.17, 15) is 9.18 Å². The van der Waals surface area contributed by atoms with Crippen molar-refractivity contribution >= 4 is 16.9 Å². The van der Waals surface area contributed by atoms with Gasteiger partial charge in [0, 0.05) is 24.2 Å². The lowest BCUT2D eigenvalue weighted by Crippen LogP contribution is -2.04. The van der Waals surface area contributed by atoms with Gasteiger partial charge in [0.15, 0.2) is 11.6 Å². The third-order valence-electron chi connectivity index (χ3n) is 3.37. The number of aromatic nitrogens is 1. The van der Waals surface area contributed by atoms with E-state index in [1.54, 1.807) is 6.07 Å². The molecule has 5 heteroatoms. The zero-order chi connectivity index (χ0) is 14.2. The van der Waals surface area contributed by atoms with Crippen LogP contribution in [0.25, 0.3) is 10.9 Å². The first-order valence-electron chi connectivity index (χ1n) is 6.05. The molecule has 0 aliphatic heterocycles. The Hall–Kier alpha value is -2.04. The summed E-state index contributed by atoms with van der Waals surface area (Å²) in [6, 6.07) is 2.96. The standard InChI is InChI=1S/C14H16FNO3/c1-4-11-9(6-14(17)18)8-5-13(19-3)10(15)7-12(8)16(11)2/h5,7H,4,6H2,1-3H3,(H,17,18). The summed E-state index contributed by atoms with van der Waals surface area (Å²) in [6.45, 7) is 1.95. The predicted molar refractivity (Wildman–Crippen MR) is 70.1 cm³/mol. The number of nitrogens with zero attached hydrogens (tertiary/aromatic N) is 1. The molecule has 0 fully saturated rings. The molecule has 0 saturated carbocycles. The van der Waals surface area contributed by atoms with Gasteiger partial charge in [-0.25, -0.2) is 4.39 Å². The maximum Gasteiger partial charge on any atom is 0.307 e. The fourth-order valence-electron chi connectivity index (χ4n) is 2.52. The largest absolute Gasteiger partial charge is 0.494 e. The Balaban J connectivity index is 2.79. The molecule has 4 nitrogen and oxygen atoms in total. The Morgan fingerprint density at radius 2 is 2.16 bits per heavy atom. The second kappa shape index (κ2) is 4.91. The molecule has 0 aliphatic rings. The van der Waals surface area contributed by atoms with Crippen LogP contribution < -0.4 is 4.74 Å². The van der Waals surface area contributed by atoms with E-state index in [0.717, 1.165) is 16.6 Å². The molecule has 0 atom stereocenters. The van der Waals surface area contributed by atoms with Gasteiger partial charge in [0.2, 0.25) is 0 Å². The normalized spacial score (nSPS) is 10.9. The van der Waals surface area contributed by atoms with Crippen LogP contribution in [0, 0.1) is 5.82 Å². The summed E-state index contributed by atoms with van der Waals surface area (Å²) in [4.78, 5) is 11.0. The fraction of sp³-hybridized carbons (Fsp3) is 0.357. The number of carboxylic acid groups (broad SMARTS) is 1. The van der Waals surface area contributed by atoms with Crippen LogP contribution in [0.4, 0.5) is 4.39 Å². The van der Waals surface area contributed by atoms with Crippen LogP contribution in [0.1, 0.15) is 18.2 Å². The van der Waals surface area contributed by atoms with E-state index in [0.29, 0.717) is 11.9 Å². The smallest absolute Gasteiger partial charge is 0.307 e. The first kappa shape index (κ1) is 13.4. The minimum Gasteiger partial charge on any atom is -0.494 e. The summed E-state index contributed by atoms with van der Waals surface area (Å²) in [5, 5.41) is 9.76.